The van der Waals surface area contributed by atoms with Gasteiger partial charge in [0.05, 0.1) is 0 Å². The van der Waals surface area contributed by atoms with Gasteiger partial charge in [-0.3, -0.25) is 4.79 Å². The highest BCUT2D eigenvalue weighted by Gasteiger charge is 2.31. The summed E-state index contributed by atoms with van der Waals surface area (Å²) in [5, 5.41) is 9.10. The maximum absolute atomic E-state index is 13.0. The fraction of sp³-hybridized carbons (Fsp3) is 0.286. The van der Waals surface area contributed by atoms with Crippen LogP contribution in [0.1, 0.15) is 5.56 Å². The third kappa shape index (κ3) is 3.60. The quantitative estimate of drug-likeness (QED) is 0.865. The van der Waals surface area contributed by atoms with Crippen LogP contribution in [-0.2, 0) is 9.59 Å². The van der Waals surface area contributed by atoms with Crippen LogP contribution in [-0.4, -0.2) is 46.0 Å². The Bertz CT molecular complexity index is 547. The molecule has 4 nitrogen and oxygen atoms in total. The first-order valence-electron chi connectivity index (χ1n) is 6.13. The first kappa shape index (κ1) is 14.6. The van der Waals surface area contributed by atoms with Gasteiger partial charge in [0.15, 0.2) is 0 Å². The summed E-state index contributed by atoms with van der Waals surface area (Å²) in [5.41, 5.74) is 0.566. The van der Waals surface area contributed by atoms with Gasteiger partial charge in [-0.15, -0.1) is 0 Å². The van der Waals surface area contributed by atoms with E-state index in [1.54, 1.807) is 12.1 Å². The summed E-state index contributed by atoms with van der Waals surface area (Å²) < 4.78 is 13.0. The molecule has 0 radical (unpaired) electrons. The second kappa shape index (κ2) is 6.56. The van der Waals surface area contributed by atoms with Crippen LogP contribution in [0.2, 0.25) is 0 Å². The molecule has 1 heterocycles. The average Bonchev–Trinajstić information content (AvgIpc) is 2.45. The van der Waals surface area contributed by atoms with Gasteiger partial charge >= 0.3 is 5.97 Å². The Morgan fingerprint density at radius 3 is 2.95 bits per heavy atom. The molecule has 106 valence electrons. The van der Waals surface area contributed by atoms with Crippen molar-refractivity contribution in [3.63, 3.8) is 0 Å². The van der Waals surface area contributed by atoms with Crippen molar-refractivity contribution in [1.29, 1.82) is 0 Å². The molecule has 2 rings (SSSR count). The predicted octanol–water partition coefficient (Wildman–Crippen LogP) is 1.87. The number of carboxylic acid groups (broad SMARTS) is 1. The molecule has 0 saturated carbocycles. The monoisotopic (exact) mass is 295 g/mol. The summed E-state index contributed by atoms with van der Waals surface area (Å²) in [4.78, 5) is 24.5. The number of carbonyl (C=O) groups excluding carboxylic acids is 1. The summed E-state index contributed by atoms with van der Waals surface area (Å²) in [5.74, 6) is -0.609. The van der Waals surface area contributed by atoms with Crippen LogP contribution in [0.3, 0.4) is 0 Å². The van der Waals surface area contributed by atoms with Crippen molar-refractivity contribution in [2.45, 2.75) is 6.04 Å². The zero-order valence-corrected chi connectivity index (χ0v) is 11.5. The van der Waals surface area contributed by atoms with Crippen molar-refractivity contribution >= 4 is 29.7 Å². The summed E-state index contributed by atoms with van der Waals surface area (Å²) in [7, 11) is 0. The molecule has 1 atom stereocenters. The fourth-order valence-electron chi connectivity index (χ4n) is 1.95. The number of benzene rings is 1. The lowest BCUT2D eigenvalue weighted by molar-refractivity contribution is -0.147. The van der Waals surface area contributed by atoms with E-state index in [4.69, 9.17) is 5.11 Å². The number of carbonyl (C=O) groups is 2. The zero-order chi connectivity index (χ0) is 14.5. The molecule has 1 fully saturated rings. The Hall–Kier alpha value is -1.82. The van der Waals surface area contributed by atoms with Gasteiger partial charge in [0, 0.05) is 24.1 Å². The van der Waals surface area contributed by atoms with E-state index in [9.17, 15) is 14.0 Å². The van der Waals surface area contributed by atoms with Gasteiger partial charge in [-0.25, -0.2) is 9.18 Å². The first-order chi connectivity index (χ1) is 9.58. The fourth-order valence-corrected chi connectivity index (χ4v) is 2.98. The lowest BCUT2D eigenvalue weighted by Crippen LogP contribution is -2.49. The Balaban J connectivity index is 2.08. The molecule has 1 amide bonds. The van der Waals surface area contributed by atoms with Gasteiger partial charge in [-0.1, -0.05) is 12.1 Å². The van der Waals surface area contributed by atoms with Crippen molar-refractivity contribution in [1.82, 2.24) is 4.90 Å². The molecule has 0 bridgehead atoms. The number of rotatable bonds is 3. The van der Waals surface area contributed by atoms with Gasteiger partial charge in [-0.2, -0.15) is 11.8 Å². The second-order valence-corrected chi connectivity index (χ2v) is 5.50. The number of amides is 1. The number of hydrogen-bond donors (Lipinski definition) is 1. The van der Waals surface area contributed by atoms with Crippen molar-refractivity contribution in [3.05, 3.63) is 41.7 Å². The lowest BCUT2D eigenvalue weighted by Gasteiger charge is -2.31. The molecule has 6 heteroatoms. The largest absolute Gasteiger partial charge is 0.480 e. The van der Waals surface area contributed by atoms with Crippen molar-refractivity contribution < 1.29 is 19.1 Å². The van der Waals surface area contributed by atoms with E-state index in [1.165, 1.54) is 40.9 Å². The third-order valence-corrected chi connectivity index (χ3v) is 3.99. The SMILES string of the molecule is O=C(O)C1CSCCN1C(=O)/C=C/c1cccc(F)c1. The van der Waals surface area contributed by atoms with Crippen LogP contribution < -0.4 is 0 Å². The van der Waals surface area contributed by atoms with E-state index >= 15 is 0 Å². The van der Waals surface area contributed by atoms with Gasteiger partial charge in [0.1, 0.15) is 11.9 Å². The Labute approximate surface area is 120 Å². The summed E-state index contributed by atoms with van der Waals surface area (Å²) in [6.07, 6.45) is 2.78. The van der Waals surface area contributed by atoms with Crippen LogP contribution in [0.25, 0.3) is 6.08 Å². The van der Waals surface area contributed by atoms with Gasteiger partial charge < -0.3 is 10.0 Å². The van der Waals surface area contributed by atoms with Crippen molar-refractivity contribution in [3.8, 4) is 0 Å². The standard InChI is InChI=1S/C14H14FNO3S/c15-11-3-1-2-10(8-11)4-5-13(17)16-6-7-20-9-12(16)14(18)19/h1-5,8,12H,6-7,9H2,(H,18,19)/b5-4+. The van der Waals surface area contributed by atoms with Crippen LogP contribution in [0, 0.1) is 5.82 Å². The minimum atomic E-state index is -0.996. The van der Waals surface area contributed by atoms with Gasteiger partial charge in [0.25, 0.3) is 0 Å². The maximum Gasteiger partial charge on any atom is 0.327 e. The lowest BCUT2D eigenvalue weighted by atomic mass is 10.2. The van der Waals surface area contributed by atoms with E-state index in [0.717, 1.165) is 5.75 Å². The summed E-state index contributed by atoms with van der Waals surface area (Å²) in [6, 6.07) is 5.06. The smallest absolute Gasteiger partial charge is 0.327 e. The topological polar surface area (TPSA) is 57.6 Å². The molecule has 1 aliphatic rings. The summed E-state index contributed by atoms with van der Waals surface area (Å²) >= 11 is 1.52. The van der Waals surface area contributed by atoms with E-state index in [1.807, 2.05) is 0 Å². The Morgan fingerprint density at radius 2 is 2.25 bits per heavy atom. The van der Waals surface area contributed by atoms with Crippen molar-refractivity contribution in [2.24, 2.45) is 0 Å². The number of thioether (sulfide) groups is 1. The minimum absolute atomic E-state index is 0.359. The molecule has 20 heavy (non-hydrogen) atoms. The van der Waals surface area contributed by atoms with E-state index in [0.29, 0.717) is 17.9 Å². The number of halogens is 1. The number of hydrogen-bond acceptors (Lipinski definition) is 3. The number of nitrogens with zero attached hydrogens (tertiary/aromatic N) is 1. The number of carboxylic acids is 1. The normalized spacial score (nSPS) is 19.2. The second-order valence-electron chi connectivity index (χ2n) is 4.35. The van der Waals surface area contributed by atoms with E-state index < -0.39 is 12.0 Å². The molecular weight excluding hydrogens is 281 g/mol. The van der Waals surface area contributed by atoms with Crippen LogP contribution in [0.4, 0.5) is 4.39 Å². The maximum atomic E-state index is 13.0. The van der Waals surface area contributed by atoms with Gasteiger partial charge in [-0.05, 0) is 23.8 Å². The van der Waals surface area contributed by atoms with Crippen LogP contribution in [0.5, 0.6) is 0 Å². The molecule has 1 N–H and O–H groups in total. The molecule has 0 aliphatic carbocycles. The highest BCUT2D eigenvalue weighted by Crippen LogP contribution is 2.17. The Morgan fingerprint density at radius 1 is 1.45 bits per heavy atom. The molecule has 1 aromatic carbocycles. The number of aliphatic carboxylic acids is 1. The molecule has 1 aromatic rings. The summed E-state index contributed by atoms with van der Waals surface area (Å²) in [6.45, 7) is 0.411. The molecule has 1 unspecified atom stereocenters. The van der Waals surface area contributed by atoms with Crippen LogP contribution >= 0.6 is 11.8 Å². The van der Waals surface area contributed by atoms with Gasteiger partial charge in [0.2, 0.25) is 5.91 Å². The molecule has 0 aromatic heterocycles. The molecule has 1 aliphatic heterocycles. The zero-order valence-electron chi connectivity index (χ0n) is 10.7. The average molecular weight is 295 g/mol. The van der Waals surface area contributed by atoms with E-state index in [2.05, 4.69) is 0 Å². The first-order valence-corrected chi connectivity index (χ1v) is 7.28. The highest BCUT2D eigenvalue weighted by atomic mass is 32.2. The molecule has 0 spiro atoms. The molecule has 1 saturated heterocycles. The highest BCUT2D eigenvalue weighted by molar-refractivity contribution is 7.99. The predicted molar refractivity (Wildman–Crippen MR) is 75.9 cm³/mol. The minimum Gasteiger partial charge on any atom is -0.480 e. The van der Waals surface area contributed by atoms with E-state index in [-0.39, 0.29) is 11.7 Å². The Kier molecular flexibility index (Phi) is 4.79. The third-order valence-electron chi connectivity index (χ3n) is 2.96. The van der Waals surface area contributed by atoms with Crippen LogP contribution in [0.15, 0.2) is 30.3 Å². The van der Waals surface area contributed by atoms with Crippen molar-refractivity contribution in [2.75, 3.05) is 18.1 Å². The molecular formula is C14H14FNO3S.